The Labute approximate surface area is 194 Å². The second-order valence-electron chi connectivity index (χ2n) is 7.42. The number of carbonyl (C=O) groups excluding carboxylic acids is 1. The molecule has 166 valence electrons. The summed E-state index contributed by atoms with van der Waals surface area (Å²) < 4.78 is 31.0. The van der Waals surface area contributed by atoms with E-state index in [2.05, 4.69) is 15.9 Å². The SMILES string of the molecule is COc1cc2c(cc1OC)C(COc1ccc(F)cc1)N(C(=O)c1ccccc1Br)CC2. The minimum absolute atomic E-state index is 0.0920. The van der Waals surface area contributed by atoms with Gasteiger partial charge in [-0.3, -0.25) is 4.79 Å². The molecule has 0 saturated heterocycles. The summed E-state index contributed by atoms with van der Waals surface area (Å²) >= 11 is 3.49. The number of hydrogen-bond donors (Lipinski definition) is 0. The number of amides is 1. The van der Waals surface area contributed by atoms with Crippen molar-refractivity contribution in [1.29, 1.82) is 0 Å². The highest BCUT2D eigenvalue weighted by Gasteiger charge is 2.34. The fourth-order valence-corrected chi connectivity index (χ4v) is 4.40. The first-order valence-corrected chi connectivity index (χ1v) is 11.0. The van der Waals surface area contributed by atoms with Crippen LogP contribution in [0.25, 0.3) is 0 Å². The van der Waals surface area contributed by atoms with Gasteiger partial charge in [-0.25, -0.2) is 4.39 Å². The highest BCUT2D eigenvalue weighted by Crippen LogP contribution is 2.39. The number of hydrogen-bond acceptors (Lipinski definition) is 4. The van der Waals surface area contributed by atoms with Gasteiger partial charge in [-0.1, -0.05) is 12.1 Å². The number of halogens is 2. The fraction of sp³-hybridized carbons (Fsp3) is 0.240. The number of methoxy groups -OCH3 is 2. The number of nitrogens with zero attached hydrogens (tertiary/aromatic N) is 1. The Kier molecular flexibility index (Phi) is 6.65. The van der Waals surface area contributed by atoms with Crippen LogP contribution in [0.4, 0.5) is 4.39 Å². The van der Waals surface area contributed by atoms with E-state index in [0.29, 0.717) is 35.8 Å². The topological polar surface area (TPSA) is 48.0 Å². The van der Waals surface area contributed by atoms with Crippen molar-refractivity contribution in [2.75, 3.05) is 27.4 Å². The van der Waals surface area contributed by atoms with Crippen LogP contribution in [0.5, 0.6) is 17.2 Å². The number of ether oxygens (including phenoxy) is 3. The number of fused-ring (bicyclic) bond motifs is 1. The second-order valence-corrected chi connectivity index (χ2v) is 8.27. The summed E-state index contributed by atoms with van der Waals surface area (Å²) in [6, 6.07) is 16.7. The molecule has 1 amide bonds. The van der Waals surface area contributed by atoms with E-state index in [1.165, 1.54) is 12.1 Å². The number of carbonyl (C=O) groups is 1. The van der Waals surface area contributed by atoms with Gasteiger partial charge in [0.05, 0.1) is 25.8 Å². The summed E-state index contributed by atoms with van der Waals surface area (Å²) in [5, 5.41) is 0. The standard InChI is InChI=1S/C25H23BrFNO4/c1-30-23-13-16-11-12-28(25(29)19-5-3-4-6-21(19)26)22(20(16)14-24(23)31-2)15-32-18-9-7-17(27)8-10-18/h3-10,13-14,22H,11-12,15H2,1-2H3. The normalized spacial score (nSPS) is 15.1. The lowest BCUT2D eigenvalue weighted by atomic mass is 9.91. The zero-order chi connectivity index (χ0) is 22.7. The third-order valence-corrected chi connectivity index (χ3v) is 6.28. The van der Waals surface area contributed by atoms with E-state index in [1.54, 1.807) is 32.4 Å². The first-order chi connectivity index (χ1) is 15.5. The first-order valence-electron chi connectivity index (χ1n) is 10.2. The zero-order valence-corrected chi connectivity index (χ0v) is 19.4. The lowest BCUT2D eigenvalue weighted by Gasteiger charge is -2.38. The number of rotatable bonds is 6. The van der Waals surface area contributed by atoms with Gasteiger partial charge in [0, 0.05) is 11.0 Å². The van der Waals surface area contributed by atoms with Crippen molar-refractivity contribution in [2.24, 2.45) is 0 Å². The van der Waals surface area contributed by atoms with Crippen LogP contribution in [0.2, 0.25) is 0 Å². The highest BCUT2D eigenvalue weighted by molar-refractivity contribution is 9.10. The van der Waals surface area contributed by atoms with E-state index in [9.17, 15) is 9.18 Å². The molecule has 0 bridgehead atoms. The van der Waals surface area contributed by atoms with Crippen LogP contribution in [0, 0.1) is 5.82 Å². The third kappa shape index (κ3) is 4.43. The lowest BCUT2D eigenvalue weighted by Crippen LogP contribution is -2.42. The van der Waals surface area contributed by atoms with Crippen molar-refractivity contribution in [3.05, 3.63) is 87.6 Å². The molecule has 0 radical (unpaired) electrons. The molecule has 7 heteroatoms. The van der Waals surface area contributed by atoms with Crippen LogP contribution in [-0.2, 0) is 6.42 Å². The van der Waals surface area contributed by atoms with Gasteiger partial charge in [-0.2, -0.15) is 0 Å². The molecular formula is C25H23BrFNO4. The summed E-state index contributed by atoms with van der Waals surface area (Å²) in [5.74, 6) is 1.35. The molecule has 4 rings (SSSR count). The molecule has 0 fully saturated rings. The molecule has 1 aliphatic heterocycles. The van der Waals surface area contributed by atoms with E-state index in [-0.39, 0.29) is 24.4 Å². The second kappa shape index (κ2) is 9.61. The zero-order valence-electron chi connectivity index (χ0n) is 17.8. The van der Waals surface area contributed by atoms with Gasteiger partial charge in [0.15, 0.2) is 11.5 Å². The van der Waals surface area contributed by atoms with Gasteiger partial charge in [0.2, 0.25) is 0 Å². The summed E-state index contributed by atoms with van der Waals surface area (Å²) in [7, 11) is 3.19. The van der Waals surface area contributed by atoms with Crippen molar-refractivity contribution in [2.45, 2.75) is 12.5 Å². The molecule has 1 heterocycles. The van der Waals surface area contributed by atoms with Crippen LogP contribution in [0.15, 0.2) is 65.1 Å². The van der Waals surface area contributed by atoms with Gasteiger partial charge < -0.3 is 19.1 Å². The average molecular weight is 500 g/mol. The first kappa shape index (κ1) is 22.1. The molecule has 0 aromatic heterocycles. The molecule has 1 unspecified atom stereocenters. The minimum Gasteiger partial charge on any atom is -0.493 e. The van der Waals surface area contributed by atoms with Crippen molar-refractivity contribution in [3.8, 4) is 17.2 Å². The van der Waals surface area contributed by atoms with Crippen molar-refractivity contribution >= 4 is 21.8 Å². The van der Waals surface area contributed by atoms with Crippen LogP contribution >= 0.6 is 15.9 Å². The Bertz CT molecular complexity index is 1120. The Morgan fingerprint density at radius 2 is 1.75 bits per heavy atom. The van der Waals surface area contributed by atoms with Crippen LogP contribution in [0.3, 0.4) is 0 Å². The summed E-state index contributed by atoms with van der Waals surface area (Å²) in [6.45, 7) is 0.740. The summed E-state index contributed by atoms with van der Waals surface area (Å²) in [4.78, 5) is 15.3. The summed E-state index contributed by atoms with van der Waals surface area (Å²) in [6.07, 6.45) is 0.679. The Morgan fingerprint density at radius 1 is 1.06 bits per heavy atom. The van der Waals surface area contributed by atoms with Gasteiger partial charge in [0.25, 0.3) is 5.91 Å². The van der Waals surface area contributed by atoms with Crippen LogP contribution < -0.4 is 14.2 Å². The molecular weight excluding hydrogens is 477 g/mol. The number of benzene rings is 3. The predicted molar refractivity (Wildman–Crippen MR) is 123 cm³/mol. The van der Waals surface area contributed by atoms with E-state index in [0.717, 1.165) is 15.6 Å². The molecule has 3 aromatic carbocycles. The largest absolute Gasteiger partial charge is 0.493 e. The van der Waals surface area contributed by atoms with Crippen LogP contribution in [0.1, 0.15) is 27.5 Å². The van der Waals surface area contributed by atoms with E-state index in [1.807, 2.05) is 35.2 Å². The van der Waals surface area contributed by atoms with Gasteiger partial charge in [-0.05, 0) is 82.0 Å². The van der Waals surface area contributed by atoms with Gasteiger partial charge in [0.1, 0.15) is 18.2 Å². The summed E-state index contributed by atoms with van der Waals surface area (Å²) in [5.41, 5.74) is 2.60. The smallest absolute Gasteiger partial charge is 0.255 e. The highest BCUT2D eigenvalue weighted by atomic mass is 79.9. The molecule has 0 N–H and O–H groups in total. The van der Waals surface area contributed by atoms with E-state index in [4.69, 9.17) is 14.2 Å². The Morgan fingerprint density at radius 3 is 2.44 bits per heavy atom. The average Bonchev–Trinajstić information content (AvgIpc) is 2.82. The Balaban J connectivity index is 1.71. The maximum Gasteiger partial charge on any atom is 0.255 e. The quantitative estimate of drug-likeness (QED) is 0.454. The van der Waals surface area contributed by atoms with Crippen molar-refractivity contribution < 1.29 is 23.4 Å². The molecule has 1 atom stereocenters. The predicted octanol–water partition coefficient (Wildman–Crippen LogP) is 5.42. The molecule has 0 aliphatic carbocycles. The maximum absolute atomic E-state index is 13.5. The van der Waals surface area contributed by atoms with Gasteiger partial charge in [-0.15, -0.1) is 0 Å². The molecule has 1 aliphatic rings. The van der Waals surface area contributed by atoms with E-state index >= 15 is 0 Å². The molecule has 3 aromatic rings. The third-order valence-electron chi connectivity index (χ3n) is 5.59. The Hall–Kier alpha value is -3.06. The van der Waals surface area contributed by atoms with E-state index < -0.39 is 0 Å². The monoisotopic (exact) mass is 499 g/mol. The van der Waals surface area contributed by atoms with Crippen molar-refractivity contribution in [1.82, 2.24) is 4.90 Å². The molecule has 0 saturated carbocycles. The lowest BCUT2D eigenvalue weighted by molar-refractivity contribution is 0.0588. The van der Waals surface area contributed by atoms with Gasteiger partial charge >= 0.3 is 0 Å². The molecule has 32 heavy (non-hydrogen) atoms. The molecule has 0 spiro atoms. The fourth-order valence-electron chi connectivity index (χ4n) is 3.95. The minimum atomic E-state index is -0.358. The molecule has 5 nitrogen and oxygen atoms in total. The van der Waals surface area contributed by atoms with Crippen LogP contribution in [-0.4, -0.2) is 38.2 Å². The van der Waals surface area contributed by atoms with Crippen molar-refractivity contribution in [3.63, 3.8) is 0 Å². The maximum atomic E-state index is 13.5.